The highest BCUT2D eigenvalue weighted by Crippen LogP contribution is 2.35. The van der Waals surface area contributed by atoms with E-state index in [0.717, 1.165) is 6.07 Å². The molecule has 1 aromatic carbocycles. The molecule has 1 atom stereocenters. The Morgan fingerprint density at radius 3 is 2.37 bits per heavy atom. The molecule has 1 unspecified atom stereocenters. The van der Waals surface area contributed by atoms with Gasteiger partial charge >= 0.3 is 6.18 Å². The average Bonchev–Trinajstić information content (AvgIpc) is 2.52. The van der Waals surface area contributed by atoms with E-state index in [1.54, 1.807) is 13.0 Å². The Labute approximate surface area is 111 Å². The molecule has 2 nitrogen and oxygen atoms in total. The van der Waals surface area contributed by atoms with Gasteiger partial charge in [0.25, 0.3) is 0 Å². The van der Waals surface area contributed by atoms with E-state index in [9.17, 15) is 13.2 Å². The van der Waals surface area contributed by atoms with Crippen LogP contribution in [0.5, 0.6) is 0 Å². The quantitative estimate of drug-likeness (QED) is 0.892. The lowest BCUT2D eigenvalue weighted by Gasteiger charge is -2.28. The van der Waals surface area contributed by atoms with Crippen molar-refractivity contribution in [2.75, 3.05) is 6.61 Å². The molecular weight excluding hydrogens is 255 g/mol. The number of alkyl halides is 3. The van der Waals surface area contributed by atoms with E-state index in [2.05, 4.69) is 5.32 Å². The van der Waals surface area contributed by atoms with Crippen molar-refractivity contribution in [2.45, 2.75) is 44.6 Å². The molecule has 0 amide bonds. The maximum Gasteiger partial charge on any atom is 0.416 e. The monoisotopic (exact) mass is 273 g/mol. The van der Waals surface area contributed by atoms with Crippen LogP contribution in [0.15, 0.2) is 24.3 Å². The highest BCUT2D eigenvalue weighted by molar-refractivity contribution is 5.31. The molecule has 1 aromatic rings. The lowest BCUT2D eigenvalue weighted by molar-refractivity contribution is -0.138. The number of hydrogen-bond acceptors (Lipinski definition) is 2. The van der Waals surface area contributed by atoms with E-state index in [1.807, 2.05) is 13.8 Å². The van der Waals surface area contributed by atoms with Gasteiger partial charge in [0.1, 0.15) is 5.72 Å². The van der Waals surface area contributed by atoms with Gasteiger partial charge in [-0.05, 0) is 32.4 Å². The largest absolute Gasteiger partial charge is 0.416 e. The first-order valence-corrected chi connectivity index (χ1v) is 6.20. The van der Waals surface area contributed by atoms with Crippen LogP contribution < -0.4 is 5.32 Å². The van der Waals surface area contributed by atoms with Crippen LogP contribution >= 0.6 is 0 Å². The van der Waals surface area contributed by atoms with Crippen molar-refractivity contribution in [2.24, 2.45) is 0 Å². The van der Waals surface area contributed by atoms with Gasteiger partial charge < -0.3 is 4.74 Å². The second-order valence-corrected chi connectivity index (χ2v) is 5.86. The minimum absolute atomic E-state index is 0.187. The van der Waals surface area contributed by atoms with E-state index in [-0.39, 0.29) is 17.5 Å². The van der Waals surface area contributed by atoms with Gasteiger partial charge in [-0.25, -0.2) is 0 Å². The van der Waals surface area contributed by atoms with Gasteiger partial charge in [0.05, 0.1) is 12.2 Å². The first-order valence-electron chi connectivity index (χ1n) is 6.20. The van der Waals surface area contributed by atoms with Gasteiger partial charge in [0, 0.05) is 12.0 Å². The fourth-order valence-electron chi connectivity index (χ4n) is 2.54. The Morgan fingerprint density at radius 2 is 1.84 bits per heavy atom. The van der Waals surface area contributed by atoms with E-state index in [4.69, 9.17) is 4.74 Å². The fourth-order valence-corrected chi connectivity index (χ4v) is 2.54. The number of rotatable bonds is 2. The summed E-state index contributed by atoms with van der Waals surface area (Å²) in [6.45, 7) is 6.20. The van der Waals surface area contributed by atoms with E-state index < -0.39 is 17.5 Å². The predicted octanol–water partition coefficient (Wildman–Crippen LogP) is 3.36. The zero-order chi connectivity index (χ0) is 14.3. The molecule has 0 aliphatic carbocycles. The summed E-state index contributed by atoms with van der Waals surface area (Å²) in [6.07, 6.45) is -4.15. The highest BCUT2D eigenvalue weighted by atomic mass is 19.4. The Bertz CT molecular complexity index is 470. The minimum atomic E-state index is -4.33. The molecule has 0 saturated carbocycles. The zero-order valence-electron chi connectivity index (χ0n) is 11.3. The maximum absolute atomic E-state index is 12.9. The smallest absolute Gasteiger partial charge is 0.359 e. The lowest BCUT2D eigenvalue weighted by atomic mass is 9.97. The molecule has 1 N–H and O–H groups in total. The lowest BCUT2D eigenvalue weighted by Crippen LogP contribution is -2.48. The summed E-state index contributed by atoms with van der Waals surface area (Å²) in [5, 5.41) is 3.24. The van der Waals surface area contributed by atoms with Crippen molar-refractivity contribution in [1.29, 1.82) is 0 Å². The Morgan fingerprint density at radius 1 is 1.21 bits per heavy atom. The van der Waals surface area contributed by atoms with Gasteiger partial charge in [-0.1, -0.05) is 18.2 Å². The topological polar surface area (TPSA) is 21.3 Å². The number of nitrogens with one attached hydrogen (secondary N) is 1. The predicted molar refractivity (Wildman–Crippen MR) is 66.7 cm³/mol. The van der Waals surface area contributed by atoms with E-state index >= 15 is 0 Å². The number of benzene rings is 1. The maximum atomic E-state index is 12.9. The second kappa shape index (κ2) is 4.49. The summed E-state index contributed by atoms with van der Waals surface area (Å²) in [4.78, 5) is 0. The second-order valence-electron chi connectivity index (χ2n) is 5.86. The normalized spacial score (nSPS) is 26.6. The highest BCUT2D eigenvalue weighted by Gasteiger charge is 2.42. The summed E-state index contributed by atoms with van der Waals surface area (Å²) in [7, 11) is 0. The number of hydrogen-bond donors (Lipinski definition) is 1. The van der Waals surface area contributed by atoms with Crippen LogP contribution in [0.1, 0.15) is 31.9 Å². The molecule has 1 heterocycles. The van der Waals surface area contributed by atoms with Crippen LogP contribution in [0.4, 0.5) is 13.2 Å². The molecule has 0 radical (unpaired) electrons. The SMILES string of the molecule is CC1(C)COC(C)(Cc2ccccc2C(F)(F)F)N1. The van der Waals surface area contributed by atoms with Crippen LogP contribution in [-0.2, 0) is 17.3 Å². The molecule has 0 spiro atoms. The van der Waals surface area contributed by atoms with Crippen LogP contribution in [0.2, 0.25) is 0 Å². The molecule has 1 fully saturated rings. The van der Waals surface area contributed by atoms with Crippen molar-refractivity contribution < 1.29 is 17.9 Å². The molecule has 2 rings (SSSR count). The van der Waals surface area contributed by atoms with Gasteiger partial charge in [-0.3, -0.25) is 5.32 Å². The van der Waals surface area contributed by atoms with E-state index in [1.165, 1.54) is 12.1 Å². The third kappa shape index (κ3) is 3.28. The summed E-state index contributed by atoms with van der Waals surface area (Å²) in [5.41, 5.74) is -1.32. The molecule has 19 heavy (non-hydrogen) atoms. The minimum Gasteiger partial charge on any atom is -0.359 e. The third-order valence-corrected chi connectivity index (χ3v) is 3.20. The van der Waals surface area contributed by atoms with Gasteiger partial charge in [-0.15, -0.1) is 0 Å². The molecule has 0 aromatic heterocycles. The number of halogens is 3. The van der Waals surface area contributed by atoms with Gasteiger partial charge in [0.2, 0.25) is 0 Å². The average molecular weight is 273 g/mol. The Hall–Kier alpha value is -1.07. The zero-order valence-corrected chi connectivity index (χ0v) is 11.3. The van der Waals surface area contributed by atoms with Crippen LogP contribution in [0.25, 0.3) is 0 Å². The molecule has 106 valence electrons. The van der Waals surface area contributed by atoms with Crippen LogP contribution in [-0.4, -0.2) is 17.9 Å². The van der Waals surface area contributed by atoms with Gasteiger partial charge in [-0.2, -0.15) is 13.2 Å². The summed E-state index contributed by atoms with van der Waals surface area (Å²) < 4.78 is 44.5. The molecule has 5 heteroatoms. The molecular formula is C14H18F3NO. The summed E-state index contributed by atoms with van der Waals surface area (Å²) in [6, 6.07) is 5.64. The Balaban J connectivity index is 2.25. The number of ether oxygens (including phenoxy) is 1. The summed E-state index contributed by atoms with van der Waals surface area (Å²) in [5.74, 6) is 0. The van der Waals surface area contributed by atoms with E-state index in [0.29, 0.717) is 6.61 Å². The van der Waals surface area contributed by atoms with Crippen molar-refractivity contribution in [1.82, 2.24) is 5.32 Å². The van der Waals surface area contributed by atoms with Crippen molar-refractivity contribution in [3.05, 3.63) is 35.4 Å². The Kier molecular flexibility index (Phi) is 3.39. The van der Waals surface area contributed by atoms with Crippen LogP contribution in [0, 0.1) is 0 Å². The third-order valence-electron chi connectivity index (χ3n) is 3.20. The summed E-state index contributed by atoms with van der Waals surface area (Å²) >= 11 is 0. The standard InChI is InChI=1S/C14H18F3NO/c1-12(2)9-19-13(3,18-12)8-10-6-4-5-7-11(10)14(15,16)17/h4-7,18H,8-9H2,1-3H3. The van der Waals surface area contributed by atoms with Crippen molar-refractivity contribution in [3.8, 4) is 0 Å². The molecule has 0 bridgehead atoms. The molecule has 1 aliphatic heterocycles. The van der Waals surface area contributed by atoms with Gasteiger partial charge in [0.15, 0.2) is 0 Å². The molecule has 1 aliphatic rings. The fraction of sp³-hybridized carbons (Fsp3) is 0.571. The first-order chi connectivity index (χ1) is 8.61. The van der Waals surface area contributed by atoms with Crippen LogP contribution in [0.3, 0.4) is 0 Å². The first kappa shape index (κ1) is 14.3. The van der Waals surface area contributed by atoms with Crippen molar-refractivity contribution in [3.63, 3.8) is 0 Å². The van der Waals surface area contributed by atoms with Crippen molar-refractivity contribution >= 4 is 0 Å². The molecule has 1 saturated heterocycles.